The molecule has 1 saturated heterocycles. The molecule has 1 atom stereocenters. The quantitative estimate of drug-likeness (QED) is 0.618. The number of carbonyl (C=O) groups excluding carboxylic acids is 3. The van der Waals surface area contributed by atoms with Crippen LogP contribution in [0.3, 0.4) is 0 Å². The molecule has 2 N–H and O–H groups in total. The molecule has 2 heterocycles. The molecule has 128 valence electrons. The SMILES string of the molecule is Nc1cccc2c1C(=O)N([C@H]1CCCN(C(=O)C(F)(F)F)C1)C2=O. The Morgan fingerprint density at radius 3 is 2.54 bits per heavy atom. The molecule has 0 saturated carbocycles. The Labute approximate surface area is 135 Å². The number of nitrogens with zero attached hydrogens (tertiary/aromatic N) is 2. The van der Waals surface area contributed by atoms with Gasteiger partial charge in [-0.2, -0.15) is 13.2 Å². The summed E-state index contributed by atoms with van der Waals surface area (Å²) in [5.74, 6) is -3.17. The fraction of sp³-hybridized carbons (Fsp3) is 0.400. The van der Waals surface area contributed by atoms with Gasteiger partial charge in [0.1, 0.15) is 0 Å². The Morgan fingerprint density at radius 1 is 1.21 bits per heavy atom. The number of likely N-dealkylation sites (tertiary alicyclic amines) is 1. The lowest BCUT2D eigenvalue weighted by Gasteiger charge is -2.36. The zero-order chi connectivity index (χ0) is 17.6. The first-order chi connectivity index (χ1) is 11.2. The van der Waals surface area contributed by atoms with Crippen LogP contribution in [0.15, 0.2) is 18.2 Å². The van der Waals surface area contributed by atoms with Crippen molar-refractivity contribution in [3.8, 4) is 0 Å². The number of hydrogen-bond donors (Lipinski definition) is 1. The zero-order valence-corrected chi connectivity index (χ0v) is 12.5. The number of carbonyl (C=O) groups is 3. The van der Waals surface area contributed by atoms with Crippen molar-refractivity contribution in [2.24, 2.45) is 0 Å². The third-order valence-electron chi connectivity index (χ3n) is 4.27. The minimum Gasteiger partial charge on any atom is -0.398 e. The summed E-state index contributed by atoms with van der Waals surface area (Å²) < 4.78 is 37.8. The fourth-order valence-electron chi connectivity index (χ4n) is 3.19. The smallest absolute Gasteiger partial charge is 0.398 e. The summed E-state index contributed by atoms with van der Waals surface area (Å²) >= 11 is 0. The second-order valence-electron chi connectivity index (χ2n) is 5.80. The number of halogens is 3. The molecule has 2 aliphatic heterocycles. The molecule has 0 spiro atoms. The normalized spacial score (nSPS) is 21.2. The Bertz CT molecular complexity index is 732. The van der Waals surface area contributed by atoms with Gasteiger partial charge in [-0.25, -0.2) is 0 Å². The number of hydrogen-bond acceptors (Lipinski definition) is 4. The Hall–Kier alpha value is -2.58. The van der Waals surface area contributed by atoms with Gasteiger partial charge in [0.25, 0.3) is 11.8 Å². The highest BCUT2D eigenvalue weighted by molar-refractivity contribution is 6.23. The highest BCUT2D eigenvalue weighted by Gasteiger charge is 2.47. The van der Waals surface area contributed by atoms with Gasteiger partial charge >= 0.3 is 12.1 Å². The molecule has 2 aliphatic rings. The van der Waals surface area contributed by atoms with Crippen LogP contribution < -0.4 is 5.73 Å². The molecule has 1 fully saturated rings. The number of anilines is 1. The van der Waals surface area contributed by atoms with Gasteiger partial charge in [0, 0.05) is 18.8 Å². The summed E-state index contributed by atoms with van der Waals surface area (Å²) in [6, 6.07) is 3.67. The molecule has 0 aromatic heterocycles. The van der Waals surface area contributed by atoms with E-state index in [1.54, 1.807) is 0 Å². The minimum absolute atomic E-state index is 0.0554. The van der Waals surface area contributed by atoms with Gasteiger partial charge < -0.3 is 10.6 Å². The van der Waals surface area contributed by atoms with Gasteiger partial charge in [-0.3, -0.25) is 19.3 Å². The molecule has 9 heteroatoms. The van der Waals surface area contributed by atoms with E-state index < -0.39 is 29.9 Å². The lowest BCUT2D eigenvalue weighted by molar-refractivity contribution is -0.187. The number of fused-ring (bicyclic) bond motifs is 1. The van der Waals surface area contributed by atoms with E-state index in [1.807, 2.05) is 0 Å². The van der Waals surface area contributed by atoms with Crippen molar-refractivity contribution in [3.63, 3.8) is 0 Å². The van der Waals surface area contributed by atoms with Crippen molar-refractivity contribution in [3.05, 3.63) is 29.3 Å². The van der Waals surface area contributed by atoms with Crippen molar-refractivity contribution in [2.45, 2.75) is 25.1 Å². The molecule has 3 amide bonds. The number of piperidine rings is 1. The monoisotopic (exact) mass is 341 g/mol. The van der Waals surface area contributed by atoms with Crippen LogP contribution in [0.25, 0.3) is 0 Å². The molecule has 0 unspecified atom stereocenters. The van der Waals surface area contributed by atoms with Crippen LogP contribution in [-0.4, -0.2) is 52.8 Å². The number of amides is 3. The fourth-order valence-corrected chi connectivity index (χ4v) is 3.19. The van der Waals surface area contributed by atoms with Crippen LogP contribution in [0.5, 0.6) is 0 Å². The van der Waals surface area contributed by atoms with Crippen LogP contribution in [0.4, 0.5) is 18.9 Å². The summed E-state index contributed by atoms with van der Waals surface area (Å²) in [6.45, 7) is -0.385. The van der Waals surface area contributed by atoms with E-state index >= 15 is 0 Å². The Kier molecular flexibility index (Phi) is 3.73. The Morgan fingerprint density at radius 2 is 1.92 bits per heavy atom. The summed E-state index contributed by atoms with van der Waals surface area (Å²) in [5.41, 5.74) is 6.09. The third-order valence-corrected chi connectivity index (χ3v) is 4.27. The number of nitrogen functional groups attached to an aromatic ring is 1. The predicted molar refractivity (Wildman–Crippen MR) is 77.0 cm³/mol. The van der Waals surface area contributed by atoms with Crippen LogP contribution in [-0.2, 0) is 4.79 Å². The molecule has 24 heavy (non-hydrogen) atoms. The summed E-state index contributed by atoms with van der Waals surface area (Å²) in [6.07, 6.45) is -4.36. The van der Waals surface area contributed by atoms with Gasteiger partial charge in [-0.15, -0.1) is 0 Å². The van der Waals surface area contributed by atoms with E-state index in [-0.39, 0.29) is 36.3 Å². The first kappa shape index (κ1) is 16.3. The topological polar surface area (TPSA) is 83.7 Å². The molecule has 1 aromatic carbocycles. The summed E-state index contributed by atoms with van der Waals surface area (Å²) in [4.78, 5) is 37.9. The molecular formula is C15H14F3N3O3. The molecule has 0 aliphatic carbocycles. The molecule has 3 rings (SSSR count). The minimum atomic E-state index is -4.98. The van der Waals surface area contributed by atoms with E-state index in [4.69, 9.17) is 5.73 Å². The van der Waals surface area contributed by atoms with Gasteiger partial charge in [0.15, 0.2) is 0 Å². The molecule has 1 aromatic rings. The van der Waals surface area contributed by atoms with Gasteiger partial charge in [-0.05, 0) is 25.0 Å². The van der Waals surface area contributed by atoms with Crippen molar-refractivity contribution in [2.75, 3.05) is 18.8 Å². The van der Waals surface area contributed by atoms with Crippen molar-refractivity contribution >= 4 is 23.4 Å². The lowest BCUT2D eigenvalue weighted by Crippen LogP contribution is -2.54. The highest BCUT2D eigenvalue weighted by atomic mass is 19.4. The second kappa shape index (κ2) is 5.50. The van der Waals surface area contributed by atoms with E-state index in [0.29, 0.717) is 11.3 Å². The maximum absolute atomic E-state index is 12.6. The van der Waals surface area contributed by atoms with Crippen LogP contribution in [0.2, 0.25) is 0 Å². The van der Waals surface area contributed by atoms with Crippen LogP contribution in [0.1, 0.15) is 33.6 Å². The van der Waals surface area contributed by atoms with Gasteiger partial charge in [0.05, 0.1) is 17.2 Å². The van der Waals surface area contributed by atoms with E-state index in [0.717, 1.165) is 4.90 Å². The third kappa shape index (κ3) is 2.49. The largest absolute Gasteiger partial charge is 0.471 e. The van der Waals surface area contributed by atoms with Gasteiger partial charge in [0.2, 0.25) is 0 Å². The van der Waals surface area contributed by atoms with E-state index in [1.165, 1.54) is 18.2 Å². The van der Waals surface area contributed by atoms with Crippen molar-refractivity contribution < 1.29 is 27.6 Å². The average molecular weight is 341 g/mol. The first-order valence-corrected chi connectivity index (χ1v) is 7.34. The summed E-state index contributed by atoms with van der Waals surface area (Å²) in [7, 11) is 0. The number of rotatable bonds is 1. The molecule has 6 nitrogen and oxygen atoms in total. The van der Waals surface area contributed by atoms with E-state index in [9.17, 15) is 27.6 Å². The zero-order valence-electron chi connectivity index (χ0n) is 12.5. The van der Waals surface area contributed by atoms with Crippen LogP contribution in [0, 0.1) is 0 Å². The second-order valence-corrected chi connectivity index (χ2v) is 5.80. The predicted octanol–water partition coefficient (Wildman–Crippen LogP) is 1.42. The van der Waals surface area contributed by atoms with Crippen molar-refractivity contribution in [1.82, 2.24) is 9.80 Å². The molecule has 0 radical (unpaired) electrons. The number of alkyl halides is 3. The van der Waals surface area contributed by atoms with Gasteiger partial charge in [-0.1, -0.05) is 6.07 Å². The lowest BCUT2D eigenvalue weighted by atomic mass is 10.0. The Balaban J connectivity index is 1.85. The molecule has 0 bridgehead atoms. The van der Waals surface area contributed by atoms with Crippen molar-refractivity contribution in [1.29, 1.82) is 0 Å². The highest BCUT2D eigenvalue weighted by Crippen LogP contribution is 2.32. The van der Waals surface area contributed by atoms with E-state index in [2.05, 4.69) is 0 Å². The average Bonchev–Trinajstić information content (AvgIpc) is 2.78. The van der Waals surface area contributed by atoms with Crippen LogP contribution >= 0.6 is 0 Å². The number of nitrogens with two attached hydrogens (primary N) is 1. The maximum atomic E-state index is 12.6. The maximum Gasteiger partial charge on any atom is 0.471 e. The number of imide groups is 1. The standard InChI is InChI=1S/C15H14F3N3O3/c16-15(17,18)14(24)20-6-2-3-8(7-20)21-12(22)9-4-1-5-10(19)11(9)13(21)23/h1,4-5,8H,2-3,6-7,19H2/t8-/m0/s1. The molecular weight excluding hydrogens is 327 g/mol. The first-order valence-electron chi connectivity index (χ1n) is 7.34. The number of benzene rings is 1. The summed E-state index contributed by atoms with van der Waals surface area (Å²) in [5, 5.41) is 0.